The van der Waals surface area contributed by atoms with Gasteiger partial charge >= 0.3 is 0 Å². The second kappa shape index (κ2) is 12.8. The lowest BCUT2D eigenvalue weighted by Crippen LogP contribution is -2.48. The number of Topliss-reactive ketones (excluding diaryl/α,β-unsaturated/α-hetero) is 1. The van der Waals surface area contributed by atoms with Crippen molar-refractivity contribution < 1.29 is 23.5 Å². The van der Waals surface area contributed by atoms with Crippen LogP contribution in [0.15, 0.2) is 91.0 Å². The molecule has 3 aromatic carbocycles. The number of carbonyl (C=O) groups is 2. The van der Waals surface area contributed by atoms with Crippen LogP contribution < -0.4 is 10.1 Å². The van der Waals surface area contributed by atoms with Crippen LogP contribution in [-0.2, 0) is 27.4 Å². The summed E-state index contributed by atoms with van der Waals surface area (Å²) in [6.07, 6.45) is 4.17. The summed E-state index contributed by atoms with van der Waals surface area (Å²) in [4.78, 5) is 27.7. The first kappa shape index (κ1) is 25.3. The van der Waals surface area contributed by atoms with Crippen LogP contribution in [0.1, 0.15) is 11.1 Å². The van der Waals surface area contributed by atoms with Gasteiger partial charge in [0.2, 0.25) is 5.91 Å². The molecule has 0 radical (unpaired) electrons. The van der Waals surface area contributed by atoms with E-state index in [0.717, 1.165) is 24.2 Å². The lowest BCUT2D eigenvalue weighted by atomic mass is 10.0. The fourth-order valence-electron chi connectivity index (χ4n) is 3.82. The van der Waals surface area contributed by atoms with Crippen LogP contribution in [0.4, 0.5) is 4.39 Å². The number of ketones is 1. The molecule has 0 bridgehead atoms. The van der Waals surface area contributed by atoms with Crippen molar-refractivity contribution in [2.45, 2.75) is 19.1 Å². The minimum atomic E-state index is -0.757. The monoisotopic (exact) mass is 488 g/mol. The summed E-state index contributed by atoms with van der Waals surface area (Å²) in [6, 6.07) is 21.8. The van der Waals surface area contributed by atoms with Crippen LogP contribution >= 0.6 is 0 Å². The summed E-state index contributed by atoms with van der Waals surface area (Å²) < 4.78 is 24.6. The van der Waals surface area contributed by atoms with E-state index in [2.05, 4.69) is 5.32 Å². The molecule has 0 saturated heterocycles. The maximum Gasteiger partial charge on any atom is 0.234 e. The maximum atomic E-state index is 13.1. The van der Waals surface area contributed by atoms with Crippen molar-refractivity contribution in [2.75, 3.05) is 26.2 Å². The van der Waals surface area contributed by atoms with Gasteiger partial charge in [-0.1, -0.05) is 54.6 Å². The second-order valence-corrected chi connectivity index (χ2v) is 8.63. The summed E-state index contributed by atoms with van der Waals surface area (Å²) >= 11 is 0. The number of carbonyl (C=O) groups excluding carboxylic acids is 2. The first-order valence-electron chi connectivity index (χ1n) is 11.9. The number of nitrogens with zero attached hydrogens (tertiary/aromatic N) is 1. The van der Waals surface area contributed by atoms with Crippen LogP contribution in [0.25, 0.3) is 0 Å². The van der Waals surface area contributed by atoms with Gasteiger partial charge in [-0.3, -0.25) is 14.5 Å². The van der Waals surface area contributed by atoms with Gasteiger partial charge < -0.3 is 14.8 Å². The number of halogens is 1. The normalized spacial score (nSPS) is 13.9. The molecule has 0 spiro atoms. The Hall–Kier alpha value is -3.81. The standard InChI is InChI=1S/C29H29FN2O4/c30-24-10-14-26(15-11-24)36-25-12-8-22(9-13-25)18-28(33)27(21-35-20-23-6-2-1-3-7-23)31-29(34)19-32-16-4-5-17-32/h1-15,27H,16-21H2,(H,31,34)/t27-/m0/s1. The average molecular weight is 489 g/mol. The van der Waals surface area contributed by atoms with Gasteiger partial charge in [0.1, 0.15) is 23.4 Å². The fourth-order valence-corrected chi connectivity index (χ4v) is 3.82. The highest BCUT2D eigenvalue weighted by molar-refractivity contribution is 5.91. The van der Waals surface area contributed by atoms with E-state index in [1.807, 2.05) is 47.4 Å². The predicted molar refractivity (Wildman–Crippen MR) is 135 cm³/mol. The number of rotatable bonds is 12. The average Bonchev–Trinajstić information content (AvgIpc) is 3.39. The molecule has 4 rings (SSSR count). The third kappa shape index (κ3) is 7.86. The third-order valence-corrected chi connectivity index (χ3v) is 5.73. The third-order valence-electron chi connectivity index (χ3n) is 5.73. The van der Waals surface area contributed by atoms with Gasteiger partial charge in [-0.25, -0.2) is 4.39 Å². The Morgan fingerprint density at radius 2 is 1.50 bits per heavy atom. The summed E-state index contributed by atoms with van der Waals surface area (Å²) in [6.45, 7) is 2.12. The topological polar surface area (TPSA) is 67.9 Å². The van der Waals surface area contributed by atoms with Gasteiger partial charge in [0.15, 0.2) is 5.78 Å². The van der Waals surface area contributed by atoms with E-state index in [1.54, 1.807) is 36.4 Å². The van der Waals surface area contributed by atoms with E-state index in [-0.39, 0.29) is 37.1 Å². The fraction of sp³-hybridized carbons (Fsp3) is 0.241. The van der Waals surface area contributed by atoms with Crippen molar-refractivity contribution in [3.8, 4) is 11.5 Å². The van der Waals surface area contributed by atoms with Gasteiger partial charge in [-0.15, -0.1) is 0 Å². The number of amides is 1. The van der Waals surface area contributed by atoms with Gasteiger partial charge in [-0.05, 0) is 47.5 Å². The zero-order valence-electron chi connectivity index (χ0n) is 19.9. The van der Waals surface area contributed by atoms with Gasteiger partial charge in [-0.2, -0.15) is 0 Å². The Bertz CT molecular complexity index is 1160. The molecule has 3 aromatic rings. The number of hydrogen-bond donors (Lipinski definition) is 1. The van der Waals surface area contributed by atoms with Crippen LogP contribution in [0.2, 0.25) is 0 Å². The minimum Gasteiger partial charge on any atom is -0.457 e. The molecule has 0 aromatic heterocycles. The SMILES string of the molecule is O=C(CN1CC=CC1)N[C@@H](COCc1ccccc1)C(=O)Cc1ccc(Oc2ccc(F)cc2)cc1. The molecule has 1 heterocycles. The summed E-state index contributed by atoms with van der Waals surface area (Å²) in [7, 11) is 0. The molecule has 1 amide bonds. The molecule has 0 unspecified atom stereocenters. The predicted octanol–water partition coefficient (Wildman–Crippen LogP) is 4.30. The maximum absolute atomic E-state index is 13.1. The molecule has 0 aliphatic carbocycles. The second-order valence-electron chi connectivity index (χ2n) is 8.63. The largest absolute Gasteiger partial charge is 0.457 e. The molecular weight excluding hydrogens is 459 g/mol. The molecule has 0 fully saturated rings. The van der Waals surface area contributed by atoms with Crippen molar-refractivity contribution >= 4 is 11.7 Å². The molecule has 1 aliphatic rings. The van der Waals surface area contributed by atoms with E-state index in [4.69, 9.17) is 9.47 Å². The molecule has 1 atom stereocenters. The quantitative estimate of drug-likeness (QED) is 0.385. The van der Waals surface area contributed by atoms with E-state index in [9.17, 15) is 14.0 Å². The van der Waals surface area contributed by atoms with E-state index >= 15 is 0 Å². The summed E-state index contributed by atoms with van der Waals surface area (Å²) in [5.74, 6) is 0.425. The molecule has 1 aliphatic heterocycles. The molecule has 186 valence electrons. The molecular formula is C29H29FN2O4. The molecule has 36 heavy (non-hydrogen) atoms. The lowest BCUT2D eigenvalue weighted by molar-refractivity contribution is -0.129. The Kier molecular flexibility index (Phi) is 8.97. The smallest absolute Gasteiger partial charge is 0.234 e. The van der Waals surface area contributed by atoms with E-state index < -0.39 is 6.04 Å². The van der Waals surface area contributed by atoms with E-state index in [1.165, 1.54) is 12.1 Å². The Labute approximate surface area is 210 Å². The number of benzene rings is 3. The van der Waals surface area contributed by atoms with Crippen LogP contribution in [0.3, 0.4) is 0 Å². The Balaban J connectivity index is 1.34. The first-order valence-corrected chi connectivity index (χ1v) is 11.9. The lowest BCUT2D eigenvalue weighted by Gasteiger charge is -2.20. The molecule has 1 N–H and O–H groups in total. The number of hydrogen-bond acceptors (Lipinski definition) is 5. The zero-order chi connectivity index (χ0) is 25.2. The zero-order valence-corrected chi connectivity index (χ0v) is 19.9. The highest BCUT2D eigenvalue weighted by atomic mass is 19.1. The van der Waals surface area contributed by atoms with Crippen molar-refractivity contribution in [3.63, 3.8) is 0 Å². The highest BCUT2D eigenvalue weighted by Crippen LogP contribution is 2.22. The van der Waals surface area contributed by atoms with Crippen molar-refractivity contribution in [2.24, 2.45) is 0 Å². The van der Waals surface area contributed by atoms with Crippen LogP contribution in [0, 0.1) is 5.82 Å². The van der Waals surface area contributed by atoms with Crippen LogP contribution in [-0.4, -0.2) is 48.9 Å². The molecule has 7 heteroatoms. The highest BCUT2D eigenvalue weighted by Gasteiger charge is 2.23. The summed E-state index contributed by atoms with van der Waals surface area (Å²) in [5.41, 5.74) is 1.78. The number of nitrogens with one attached hydrogen (secondary N) is 1. The summed E-state index contributed by atoms with van der Waals surface area (Å²) in [5, 5.41) is 2.86. The minimum absolute atomic E-state index is 0.0868. The van der Waals surface area contributed by atoms with Crippen molar-refractivity contribution in [1.82, 2.24) is 10.2 Å². The Morgan fingerprint density at radius 3 is 2.17 bits per heavy atom. The molecule has 0 saturated carbocycles. The Morgan fingerprint density at radius 1 is 0.861 bits per heavy atom. The van der Waals surface area contributed by atoms with Gasteiger partial charge in [0, 0.05) is 19.5 Å². The van der Waals surface area contributed by atoms with E-state index in [0.29, 0.717) is 18.1 Å². The van der Waals surface area contributed by atoms with Crippen LogP contribution in [0.5, 0.6) is 11.5 Å². The number of ether oxygens (including phenoxy) is 2. The van der Waals surface area contributed by atoms with Crippen molar-refractivity contribution in [3.05, 3.63) is 108 Å². The first-order chi connectivity index (χ1) is 17.5. The molecule has 6 nitrogen and oxygen atoms in total. The van der Waals surface area contributed by atoms with Gasteiger partial charge in [0.05, 0.1) is 19.8 Å². The van der Waals surface area contributed by atoms with Crippen molar-refractivity contribution in [1.29, 1.82) is 0 Å². The van der Waals surface area contributed by atoms with Gasteiger partial charge in [0.25, 0.3) is 0 Å².